The summed E-state index contributed by atoms with van der Waals surface area (Å²) in [5, 5.41) is 9.38. The Morgan fingerprint density at radius 2 is 2.28 bits per heavy atom. The van der Waals surface area contributed by atoms with Gasteiger partial charge in [0.25, 0.3) is 0 Å². The summed E-state index contributed by atoms with van der Waals surface area (Å²) < 4.78 is 0. The third kappa shape index (κ3) is 1.76. The molecule has 1 fully saturated rings. The zero-order chi connectivity index (χ0) is 12.7. The van der Waals surface area contributed by atoms with Gasteiger partial charge in [-0.3, -0.25) is 0 Å². The SMILES string of the molecule is CC1CCCN1c1nc2c(cc1C(=O)O)CCC2. The van der Waals surface area contributed by atoms with Gasteiger partial charge in [0.1, 0.15) is 11.4 Å². The number of carboxylic acid groups (broad SMARTS) is 1. The van der Waals surface area contributed by atoms with E-state index < -0.39 is 5.97 Å². The van der Waals surface area contributed by atoms with Crippen molar-refractivity contribution in [3.05, 3.63) is 22.9 Å². The molecule has 1 N–H and O–H groups in total. The summed E-state index contributed by atoms with van der Waals surface area (Å²) in [6.45, 7) is 3.07. The van der Waals surface area contributed by atoms with Gasteiger partial charge in [0, 0.05) is 18.3 Å². The number of nitrogens with zero attached hydrogens (tertiary/aromatic N) is 2. The number of carbonyl (C=O) groups is 1. The highest BCUT2D eigenvalue weighted by Crippen LogP contribution is 2.31. The highest BCUT2D eigenvalue weighted by molar-refractivity contribution is 5.93. The summed E-state index contributed by atoms with van der Waals surface area (Å²) in [4.78, 5) is 18.2. The molecule has 1 unspecified atom stereocenters. The van der Waals surface area contributed by atoms with Gasteiger partial charge in [-0.15, -0.1) is 0 Å². The number of hydrogen-bond donors (Lipinski definition) is 1. The summed E-state index contributed by atoms with van der Waals surface area (Å²) in [5.41, 5.74) is 2.61. The molecule has 1 aliphatic carbocycles. The Bertz CT molecular complexity index is 499. The van der Waals surface area contributed by atoms with E-state index in [1.165, 1.54) is 0 Å². The van der Waals surface area contributed by atoms with Crippen LogP contribution in [0.3, 0.4) is 0 Å². The molecule has 0 bridgehead atoms. The molecule has 1 saturated heterocycles. The van der Waals surface area contributed by atoms with Crippen LogP contribution in [0.4, 0.5) is 5.82 Å². The molecule has 1 aliphatic heterocycles. The Morgan fingerprint density at radius 3 is 2.94 bits per heavy atom. The van der Waals surface area contributed by atoms with E-state index in [0.717, 1.165) is 49.9 Å². The number of rotatable bonds is 2. The van der Waals surface area contributed by atoms with Gasteiger partial charge >= 0.3 is 5.97 Å². The van der Waals surface area contributed by atoms with Gasteiger partial charge in [0.15, 0.2) is 0 Å². The molecule has 18 heavy (non-hydrogen) atoms. The molecule has 4 nitrogen and oxygen atoms in total. The fraction of sp³-hybridized carbons (Fsp3) is 0.571. The van der Waals surface area contributed by atoms with Crippen LogP contribution < -0.4 is 4.90 Å². The lowest BCUT2D eigenvalue weighted by Gasteiger charge is -2.24. The lowest BCUT2D eigenvalue weighted by atomic mass is 10.1. The largest absolute Gasteiger partial charge is 0.478 e. The van der Waals surface area contributed by atoms with Gasteiger partial charge in [-0.1, -0.05) is 0 Å². The van der Waals surface area contributed by atoms with Gasteiger partial charge in [0.2, 0.25) is 0 Å². The first kappa shape index (κ1) is 11.5. The Hall–Kier alpha value is -1.58. The summed E-state index contributed by atoms with van der Waals surface area (Å²) in [6, 6.07) is 2.24. The monoisotopic (exact) mass is 246 g/mol. The van der Waals surface area contributed by atoms with Crippen molar-refractivity contribution in [3.8, 4) is 0 Å². The van der Waals surface area contributed by atoms with E-state index >= 15 is 0 Å². The Morgan fingerprint density at radius 1 is 1.44 bits per heavy atom. The molecule has 1 aromatic heterocycles. The summed E-state index contributed by atoms with van der Waals surface area (Å²) >= 11 is 0. The maximum Gasteiger partial charge on any atom is 0.339 e. The van der Waals surface area contributed by atoms with Crippen LogP contribution in [0.15, 0.2) is 6.07 Å². The minimum atomic E-state index is -0.855. The highest BCUT2D eigenvalue weighted by Gasteiger charge is 2.28. The third-order valence-corrected chi connectivity index (χ3v) is 4.09. The Balaban J connectivity index is 2.09. The maximum absolute atomic E-state index is 11.4. The first-order valence-electron chi connectivity index (χ1n) is 6.69. The van der Waals surface area contributed by atoms with Crippen molar-refractivity contribution in [1.82, 2.24) is 4.98 Å². The molecular weight excluding hydrogens is 228 g/mol. The number of fused-ring (bicyclic) bond motifs is 1. The zero-order valence-electron chi connectivity index (χ0n) is 10.6. The van der Waals surface area contributed by atoms with Crippen LogP contribution in [0, 0.1) is 0 Å². The zero-order valence-corrected chi connectivity index (χ0v) is 10.6. The predicted octanol–water partition coefficient (Wildman–Crippen LogP) is 2.26. The van der Waals surface area contributed by atoms with Crippen molar-refractivity contribution in [2.45, 2.75) is 45.1 Å². The molecule has 0 radical (unpaired) electrons. The molecule has 0 saturated carbocycles. The van der Waals surface area contributed by atoms with Gasteiger partial charge in [-0.2, -0.15) is 0 Å². The van der Waals surface area contributed by atoms with Crippen LogP contribution in [-0.2, 0) is 12.8 Å². The molecule has 3 rings (SSSR count). The van der Waals surface area contributed by atoms with Gasteiger partial charge in [-0.25, -0.2) is 9.78 Å². The van der Waals surface area contributed by atoms with Crippen molar-refractivity contribution in [2.75, 3.05) is 11.4 Å². The van der Waals surface area contributed by atoms with E-state index in [4.69, 9.17) is 0 Å². The van der Waals surface area contributed by atoms with Crippen LogP contribution in [0.1, 0.15) is 47.8 Å². The lowest BCUT2D eigenvalue weighted by molar-refractivity contribution is 0.0697. The van der Waals surface area contributed by atoms with E-state index in [0.29, 0.717) is 17.4 Å². The van der Waals surface area contributed by atoms with Crippen molar-refractivity contribution in [1.29, 1.82) is 0 Å². The van der Waals surface area contributed by atoms with E-state index in [1.54, 1.807) is 0 Å². The smallest absolute Gasteiger partial charge is 0.339 e. The second kappa shape index (κ2) is 4.26. The summed E-state index contributed by atoms with van der Waals surface area (Å²) in [6.07, 6.45) is 5.31. The van der Waals surface area contributed by atoms with Crippen molar-refractivity contribution < 1.29 is 9.90 Å². The van der Waals surface area contributed by atoms with Crippen LogP contribution in [0.2, 0.25) is 0 Å². The van der Waals surface area contributed by atoms with E-state index in [-0.39, 0.29) is 0 Å². The predicted molar refractivity (Wildman–Crippen MR) is 69.3 cm³/mol. The molecule has 0 spiro atoms. The van der Waals surface area contributed by atoms with E-state index in [9.17, 15) is 9.90 Å². The van der Waals surface area contributed by atoms with Crippen molar-refractivity contribution in [2.24, 2.45) is 0 Å². The Labute approximate surface area is 107 Å². The van der Waals surface area contributed by atoms with Crippen LogP contribution in [0.5, 0.6) is 0 Å². The number of aromatic carboxylic acids is 1. The number of carboxylic acids is 1. The average Bonchev–Trinajstić information content (AvgIpc) is 2.94. The molecule has 0 aromatic carbocycles. The van der Waals surface area contributed by atoms with Crippen LogP contribution in [0.25, 0.3) is 0 Å². The second-order valence-electron chi connectivity index (χ2n) is 5.31. The summed E-state index contributed by atoms with van der Waals surface area (Å²) in [7, 11) is 0. The third-order valence-electron chi connectivity index (χ3n) is 4.09. The van der Waals surface area contributed by atoms with Gasteiger partial charge in [0.05, 0.1) is 0 Å². The number of pyridine rings is 1. The average molecular weight is 246 g/mol. The number of aromatic nitrogens is 1. The number of hydrogen-bond acceptors (Lipinski definition) is 3. The summed E-state index contributed by atoms with van der Waals surface area (Å²) in [5.74, 6) is -0.167. The normalized spacial score (nSPS) is 22.3. The topological polar surface area (TPSA) is 53.4 Å². The standard InChI is InChI=1S/C14H18N2O2/c1-9-4-3-7-16(9)13-11(14(17)18)8-10-5-2-6-12(10)15-13/h8-9H,2-7H2,1H3,(H,17,18). The Kier molecular flexibility index (Phi) is 2.73. The fourth-order valence-corrected chi connectivity index (χ4v) is 3.09. The first-order chi connectivity index (χ1) is 8.66. The minimum Gasteiger partial charge on any atom is -0.478 e. The molecule has 1 atom stereocenters. The second-order valence-corrected chi connectivity index (χ2v) is 5.31. The quantitative estimate of drug-likeness (QED) is 0.869. The number of anilines is 1. The van der Waals surface area contributed by atoms with Gasteiger partial charge < -0.3 is 10.0 Å². The van der Waals surface area contributed by atoms with Crippen molar-refractivity contribution in [3.63, 3.8) is 0 Å². The molecular formula is C14H18N2O2. The van der Waals surface area contributed by atoms with E-state index in [2.05, 4.69) is 16.8 Å². The first-order valence-corrected chi connectivity index (χ1v) is 6.69. The fourth-order valence-electron chi connectivity index (χ4n) is 3.09. The molecule has 1 aromatic rings. The lowest BCUT2D eigenvalue weighted by Crippen LogP contribution is -2.29. The van der Waals surface area contributed by atoms with Crippen molar-refractivity contribution >= 4 is 11.8 Å². The maximum atomic E-state index is 11.4. The molecule has 0 amide bonds. The minimum absolute atomic E-state index is 0.379. The molecule has 2 aliphatic rings. The van der Waals surface area contributed by atoms with E-state index in [1.807, 2.05) is 6.07 Å². The van der Waals surface area contributed by atoms with Gasteiger partial charge in [-0.05, 0) is 50.7 Å². The van der Waals surface area contributed by atoms with Crippen LogP contribution >= 0.6 is 0 Å². The number of aryl methyl sites for hydroxylation is 2. The highest BCUT2D eigenvalue weighted by atomic mass is 16.4. The molecule has 96 valence electrons. The molecule has 2 heterocycles. The van der Waals surface area contributed by atoms with Crippen LogP contribution in [-0.4, -0.2) is 28.6 Å². The molecule has 4 heteroatoms.